The van der Waals surface area contributed by atoms with Crippen molar-refractivity contribution < 1.29 is 9.47 Å². The molecule has 3 heteroatoms. The number of ether oxygens (including phenoxy) is 2. The maximum Gasteiger partial charge on any atom is 0.170 e. The summed E-state index contributed by atoms with van der Waals surface area (Å²) >= 11 is 0. The molecule has 0 aliphatic heterocycles. The van der Waals surface area contributed by atoms with E-state index in [1.54, 1.807) is 0 Å². The van der Waals surface area contributed by atoms with Gasteiger partial charge < -0.3 is 14.8 Å². The molecule has 0 aliphatic carbocycles. The van der Waals surface area contributed by atoms with Crippen LogP contribution in [0.5, 0.6) is 0 Å². The number of hydrogen-bond acceptors (Lipinski definition) is 3. The summed E-state index contributed by atoms with van der Waals surface area (Å²) < 4.78 is 12.3. The van der Waals surface area contributed by atoms with Crippen molar-refractivity contribution in [1.82, 2.24) is 5.32 Å². The van der Waals surface area contributed by atoms with E-state index in [2.05, 4.69) is 46.9 Å². The molecule has 3 nitrogen and oxygen atoms in total. The lowest BCUT2D eigenvalue weighted by Gasteiger charge is -2.46. The van der Waals surface area contributed by atoms with Gasteiger partial charge in [-0.1, -0.05) is 65.7 Å². The first-order valence-electron chi connectivity index (χ1n) is 11.0. The fourth-order valence-corrected chi connectivity index (χ4v) is 3.76. The zero-order chi connectivity index (χ0) is 19.0. The van der Waals surface area contributed by atoms with Crippen LogP contribution in [0.4, 0.5) is 0 Å². The van der Waals surface area contributed by atoms with E-state index in [4.69, 9.17) is 9.47 Å². The standard InChI is InChI=1S/C22H47NO2/c1-7-11-12-13-14-15-18-21(5,19-16-17-20-23-8-2)22(6,24-9-3)25-10-4/h23H,7-20H2,1-6H3. The molecule has 0 amide bonds. The van der Waals surface area contributed by atoms with E-state index < -0.39 is 5.79 Å². The Bertz CT molecular complexity index is 290. The Hall–Kier alpha value is -0.120. The zero-order valence-electron chi connectivity index (χ0n) is 18.2. The van der Waals surface area contributed by atoms with Crippen molar-refractivity contribution in [3.8, 4) is 0 Å². The van der Waals surface area contributed by atoms with Gasteiger partial charge in [-0.3, -0.25) is 0 Å². The molecule has 0 heterocycles. The van der Waals surface area contributed by atoms with E-state index in [0.29, 0.717) is 13.2 Å². The van der Waals surface area contributed by atoms with Crippen molar-refractivity contribution in [2.24, 2.45) is 5.41 Å². The topological polar surface area (TPSA) is 30.5 Å². The average molecular weight is 358 g/mol. The third-order valence-corrected chi connectivity index (χ3v) is 5.60. The van der Waals surface area contributed by atoms with Gasteiger partial charge >= 0.3 is 0 Å². The Labute approximate surface area is 158 Å². The van der Waals surface area contributed by atoms with Gasteiger partial charge in [-0.05, 0) is 53.1 Å². The van der Waals surface area contributed by atoms with Gasteiger partial charge in [-0.25, -0.2) is 0 Å². The summed E-state index contributed by atoms with van der Waals surface area (Å²) in [6.45, 7) is 16.7. The minimum absolute atomic E-state index is 0.0794. The van der Waals surface area contributed by atoms with Crippen molar-refractivity contribution in [2.75, 3.05) is 26.3 Å². The van der Waals surface area contributed by atoms with Crippen LogP contribution in [-0.2, 0) is 9.47 Å². The van der Waals surface area contributed by atoms with E-state index in [1.807, 2.05) is 0 Å². The molecule has 0 spiro atoms. The second-order valence-corrected chi connectivity index (χ2v) is 7.70. The third kappa shape index (κ3) is 9.96. The summed E-state index contributed by atoms with van der Waals surface area (Å²) in [6.07, 6.45) is 12.9. The van der Waals surface area contributed by atoms with Crippen LogP contribution >= 0.6 is 0 Å². The smallest absolute Gasteiger partial charge is 0.170 e. The van der Waals surface area contributed by atoms with Crippen molar-refractivity contribution in [1.29, 1.82) is 0 Å². The molecular formula is C22H47NO2. The van der Waals surface area contributed by atoms with Crippen LogP contribution < -0.4 is 5.32 Å². The molecule has 0 rings (SSSR count). The van der Waals surface area contributed by atoms with Crippen molar-refractivity contribution in [3.63, 3.8) is 0 Å². The Morgan fingerprint density at radius 1 is 0.680 bits per heavy atom. The Morgan fingerprint density at radius 3 is 1.72 bits per heavy atom. The lowest BCUT2D eigenvalue weighted by atomic mass is 9.73. The molecule has 1 atom stereocenters. The number of nitrogens with one attached hydrogen (secondary N) is 1. The fraction of sp³-hybridized carbons (Fsp3) is 1.00. The summed E-state index contributed by atoms with van der Waals surface area (Å²) in [4.78, 5) is 0. The van der Waals surface area contributed by atoms with E-state index in [1.165, 1.54) is 64.2 Å². The van der Waals surface area contributed by atoms with Crippen LogP contribution in [0.15, 0.2) is 0 Å². The molecule has 0 fully saturated rings. The van der Waals surface area contributed by atoms with Crippen molar-refractivity contribution in [3.05, 3.63) is 0 Å². The second-order valence-electron chi connectivity index (χ2n) is 7.70. The predicted molar refractivity (Wildman–Crippen MR) is 110 cm³/mol. The van der Waals surface area contributed by atoms with Crippen LogP contribution in [0, 0.1) is 5.41 Å². The van der Waals surface area contributed by atoms with E-state index >= 15 is 0 Å². The second kappa shape index (κ2) is 15.0. The number of unbranched alkanes of at least 4 members (excludes halogenated alkanes) is 6. The van der Waals surface area contributed by atoms with Gasteiger partial charge in [0.15, 0.2) is 5.79 Å². The molecule has 0 aromatic heterocycles. The van der Waals surface area contributed by atoms with Crippen LogP contribution in [0.25, 0.3) is 0 Å². The molecule has 0 aromatic rings. The lowest BCUT2D eigenvalue weighted by molar-refractivity contribution is -0.286. The summed E-state index contributed by atoms with van der Waals surface area (Å²) in [5.41, 5.74) is 0.0794. The highest BCUT2D eigenvalue weighted by atomic mass is 16.7. The molecule has 0 radical (unpaired) electrons. The molecule has 1 unspecified atom stereocenters. The van der Waals surface area contributed by atoms with Gasteiger partial charge in [0.05, 0.1) is 0 Å². The number of hydrogen-bond donors (Lipinski definition) is 1. The highest BCUT2D eigenvalue weighted by molar-refractivity contribution is 4.88. The zero-order valence-corrected chi connectivity index (χ0v) is 18.2. The summed E-state index contributed by atoms with van der Waals surface area (Å²) in [6, 6.07) is 0. The Kier molecular flexibility index (Phi) is 14.9. The molecular weight excluding hydrogens is 310 g/mol. The molecule has 0 bridgehead atoms. The minimum Gasteiger partial charge on any atom is -0.350 e. The van der Waals surface area contributed by atoms with Crippen LogP contribution in [0.3, 0.4) is 0 Å². The molecule has 25 heavy (non-hydrogen) atoms. The minimum atomic E-state index is -0.474. The molecule has 152 valence electrons. The van der Waals surface area contributed by atoms with Gasteiger partial charge in [-0.2, -0.15) is 0 Å². The van der Waals surface area contributed by atoms with Crippen molar-refractivity contribution >= 4 is 0 Å². The van der Waals surface area contributed by atoms with Gasteiger partial charge in [0.25, 0.3) is 0 Å². The predicted octanol–water partition coefficient (Wildman–Crippen LogP) is 6.31. The summed E-state index contributed by atoms with van der Waals surface area (Å²) in [5.74, 6) is -0.474. The first-order valence-corrected chi connectivity index (χ1v) is 11.0. The van der Waals surface area contributed by atoms with Gasteiger partial charge in [0.1, 0.15) is 0 Å². The van der Waals surface area contributed by atoms with Crippen molar-refractivity contribution in [2.45, 2.75) is 112 Å². The van der Waals surface area contributed by atoms with E-state index in [9.17, 15) is 0 Å². The molecule has 0 aliphatic rings. The first kappa shape index (κ1) is 24.9. The monoisotopic (exact) mass is 357 g/mol. The molecule has 1 N–H and O–H groups in total. The highest BCUT2D eigenvalue weighted by Gasteiger charge is 2.45. The normalized spacial score (nSPS) is 14.6. The number of rotatable bonds is 18. The third-order valence-electron chi connectivity index (χ3n) is 5.60. The largest absolute Gasteiger partial charge is 0.350 e. The molecule has 0 saturated carbocycles. The fourth-order valence-electron chi connectivity index (χ4n) is 3.76. The maximum absolute atomic E-state index is 6.17. The molecule has 0 saturated heterocycles. The van der Waals surface area contributed by atoms with E-state index in [-0.39, 0.29) is 5.41 Å². The van der Waals surface area contributed by atoms with Gasteiger partial charge in [0.2, 0.25) is 0 Å². The van der Waals surface area contributed by atoms with E-state index in [0.717, 1.165) is 13.1 Å². The van der Waals surface area contributed by atoms with Crippen LogP contribution in [0.1, 0.15) is 106 Å². The first-order chi connectivity index (χ1) is 12.0. The van der Waals surface area contributed by atoms with Crippen LogP contribution in [0.2, 0.25) is 0 Å². The summed E-state index contributed by atoms with van der Waals surface area (Å²) in [7, 11) is 0. The summed E-state index contributed by atoms with van der Waals surface area (Å²) in [5, 5.41) is 3.43. The average Bonchev–Trinajstić information content (AvgIpc) is 2.58. The SMILES string of the molecule is CCCCCCCCC(C)(CCCCNCC)C(C)(OCC)OCC. The van der Waals surface area contributed by atoms with Gasteiger partial charge in [-0.15, -0.1) is 0 Å². The Balaban J connectivity index is 4.70. The Morgan fingerprint density at radius 2 is 1.20 bits per heavy atom. The van der Waals surface area contributed by atoms with Gasteiger partial charge in [0, 0.05) is 18.6 Å². The quantitative estimate of drug-likeness (QED) is 0.230. The lowest BCUT2D eigenvalue weighted by Crippen LogP contribution is -2.49. The maximum atomic E-state index is 6.17. The highest BCUT2D eigenvalue weighted by Crippen LogP contribution is 2.44. The van der Waals surface area contributed by atoms with Crippen LogP contribution in [-0.4, -0.2) is 32.1 Å². The molecule has 0 aromatic carbocycles.